The molecule has 0 fully saturated rings. The fraction of sp³-hybridized carbons (Fsp3) is 0.250. The summed E-state index contributed by atoms with van der Waals surface area (Å²) in [5.41, 5.74) is 0.720. The van der Waals surface area contributed by atoms with Crippen LogP contribution < -0.4 is 23.7 Å². The van der Waals surface area contributed by atoms with Crippen LogP contribution in [0.25, 0.3) is 0 Å². The molecule has 56 heavy (non-hydrogen) atoms. The van der Waals surface area contributed by atoms with Gasteiger partial charge in [-0.05, 0) is 103 Å². The van der Waals surface area contributed by atoms with E-state index in [9.17, 15) is 24.0 Å². The molecule has 4 rings (SSSR count). The van der Waals surface area contributed by atoms with Crippen LogP contribution in [0, 0.1) is 0 Å². The van der Waals surface area contributed by atoms with E-state index >= 15 is 0 Å². The highest BCUT2D eigenvalue weighted by molar-refractivity contribution is 5.92. The Bertz CT molecular complexity index is 1930. The molecule has 4 aromatic carbocycles. The first kappa shape index (κ1) is 42.1. The zero-order valence-corrected chi connectivity index (χ0v) is 31.3. The largest absolute Gasteiger partial charge is 0.455 e. The van der Waals surface area contributed by atoms with Crippen LogP contribution >= 0.6 is 0 Å². The number of unbranched alkanes of at least 4 members (excludes halogenated alkanes) is 5. The van der Waals surface area contributed by atoms with Gasteiger partial charge in [0.05, 0.1) is 16.7 Å². The summed E-state index contributed by atoms with van der Waals surface area (Å²) in [6.07, 6.45) is 7.37. The van der Waals surface area contributed by atoms with Gasteiger partial charge in [0.25, 0.3) is 0 Å². The number of benzene rings is 4. The van der Waals surface area contributed by atoms with Gasteiger partial charge in [0.15, 0.2) is 0 Å². The third-order valence-electron chi connectivity index (χ3n) is 7.95. The zero-order chi connectivity index (χ0) is 40.3. The highest BCUT2D eigenvalue weighted by atomic mass is 16.7. The summed E-state index contributed by atoms with van der Waals surface area (Å²) in [5, 5.41) is 0. The average Bonchev–Trinajstić information content (AvgIpc) is 3.20. The number of hydrogen-bond acceptors (Lipinski definition) is 12. The quantitative estimate of drug-likeness (QED) is 0.0262. The average molecular weight is 765 g/mol. The Kier molecular flexibility index (Phi) is 16.4. The Morgan fingerprint density at radius 2 is 0.911 bits per heavy atom. The minimum Gasteiger partial charge on any atom is -0.455 e. The van der Waals surface area contributed by atoms with Crippen molar-refractivity contribution in [2.75, 3.05) is 0 Å². The molecule has 0 amide bonds. The summed E-state index contributed by atoms with van der Waals surface area (Å²) in [5.74, 6) is -1.66. The number of rotatable bonds is 21. The van der Waals surface area contributed by atoms with Gasteiger partial charge in [-0.25, -0.2) is 24.0 Å². The van der Waals surface area contributed by atoms with E-state index in [0.29, 0.717) is 17.9 Å². The van der Waals surface area contributed by atoms with E-state index in [2.05, 4.69) is 20.1 Å². The van der Waals surface area contributed by atoms with Crippen molar-refractivity contribution in [1.29, 1.82) is 0 Å². The Morgan fingerprint density at radius 1 is 0.500 bits per heavy atom. The van der Waals surface area contributed by atoms with E-state index < -0.39 is 42.4 Å². The molecule has 0 radical (unpaired) electrons. The molecule has 292 valence electrons. The summed E-state index contributed by atoms with van der Waals surface area (Å²) in [6.45, 7) is 10.5. The topological polar surface area (TPSA) is 150 Å². The van der Waals surface area contributed by atoms with Crippen molar-refractivity contribution in [3.63, 3.8) is 0 Å². The summed E-state index contributed by atoms with van der Waals surface area (Å²) in [7, 11) is 0. The molecule has 2 unspecified atom stereocenters. The summed E-state index contributed by atoms with van der Waals surface area (Å²) < 4.78 is 38.2. The smallest absolute Gasteiger partial charge is 0.343 e. The monoisotopic (exact) mass is 764 g/mol. The molecule has 0 aliphatic carbocycles. The van der Waals surface area contributed by atoms with Gasteiger partial charge in [0, 0.05) is 25.5 Å². The SMILES string of the molecule is C=CC(=O)Oc1ccc(C(=O)Oc2ccc(OC(=O)c3ccc(OC(C)OC(=O)c4ccc(OC(CCCCCCCC)OC(=O)C=C)cc4)cc3)cc2)cc1. The van der Waals surface area contributed by atoms with Gasteiger partial charge >= 0.3 is 29.8 Å². The lowest BCUT2D eigenvalue weighted by atomic mass is 10.1. The fourth-order valence-electron chi connectivity index (χ4n) is 5.06. The van der Waals surface area contributed by atoms with Crippen molar-refractivity contribution in [3.8, 4) is 28.7 Å². The molecule has 0 spiro atoms. The van der Waals surface area contributed by atoms with Crippen LogP contribution in [0.5, 0.6) is 28.7 Å². The van der Waals surface area contributed by atoms with Crippen LogP contribution in [-0.4, -0.2) is 42.4 Å². The Labute approximate surface area is 325 Å². The molecule has 4 aromatic rings. The Morgan fingerprint density at radius 3 is 1.41 bits per heavy atom. The summed E-state index contributed by atoms with van der Waals surface area (Å²) in [4.78, 5) is 61.2. The fourth-order valence-corrected chi connectivity index (χ4v) is 5.06. The molecule has 0 saturated heterocycles. The van der Waals surface area contributed by atoms with Gasteiger partial charge in [-0.1, -0.05) is 52.2 Å². The van der Waals surface area contributed by atoms with Crippen molar-refractivity contribution >= 4 is 29.8 Å². The minimum atomic E-state index is -0.967. The third-order valence-corrected chi connectivity index (χ3v) is 7.95. The van der Waals surface area contributed by atoms with Gasteiger partial charge in [-0.3, -0.25) is 0 Å². The molecule has 0 N–H and O–H groups in total. The van der Waals surface area contributed by atoms with E-state index in [-0.39, 0.29) is 33.9 Å². The van der Waals surface area contributed by atoms with Crippen LogP contribution in [0.3, 0.4) is 0 Å². The maximum atomic E-state index is 12.8. The minimum absolute atomic E-state index is 0.216. The van der Waals surface area contributed by atoms with Gasteiger partial charge in [-0.2, -0.15) is 0 Å². The summed E-state index contributed by atoms with van der Waals surface area (Å²) in [6, 6.07) is 24.0. The number of esters is 5. The second-order valence-corrected chi connectivity index (χ2v) is 12.3. The van der Waals surface area contributed by atoms with E-state index in [0.717, 1.165) is 37.8 Å². The molecule has 0 bridgehead atoms. The molecular weight excluding hydrogens is 720 g/mol. The Balaban J connectivity index is 1.22. The lowest BCUT2D eigenvalue weighted by Crippen LogP contribution is -2.23. The number of carbonyl (C=O) groups is 5. The first-order chi connectivity index (χ1) is 27.1. The predicted molar refractivity (Wildman–Crippen MR) is 206 cm³/mol. The molecular formula is C44H44O12. The zero-order valence-electron chi connectivity index (χ0n) is 31.3. The van der Waals surface area contributed by atoms with E-state index in [1.165, 1.54) is 97.8 Å². The maximum Gasteiger partial charge on any atom is 0.343 e. The molecule has 0 aromatic heterocycles. The first-order valence-electron chi connectivity index (χ1n) is 18.1. The van der Waals surface area contributed by atoms with Crippen molar-refractivity contribution in [3.05, 3.63) is 139 Å². The van der Waals surface area contributed by atoms with Crippen LogP contribution in [0.1, 0.15) is 89.9 Å². The number of ether oxygens (including phenoxy) is 7. The van der Waals surface area contributed by atoms with E-state index in [1.54, 1.807) is 19.1 Å². The second-order valence-electron chi connectivity index (χ2n) is 12.3. The van der Waals surface area contributed by atoms with Gasteiger partial charge in [-0.15, -0.1) is 0 Å². The molecule has 0 heterocycles. The molecule has 12 heteroatoms. The van der Waals surface area contributed by atoms with Crippen LogP contribution in [0.4, 0.5) is 0 Å². The third kappa shape index (κ3) is 13.9. The molecule has 12 nitrogen and oxygen atoms in total. The second kappa shape index (κ2) is 21.9. The normalized spacial score (nSPS) is 11.5. The lowest BCUT2D eigenvalue weighted by Gasteiger charge is -2.19. The molecule has 0 aliphatic heterocycles. The highest BCUT2D eigenvalue weighted by Crippen LogP contribution is 2.23. The standard InChI is InChI=1S/C44H44O12/c1-5-8-9-10-11-12-13-41(56-40(46)7-3)53-36-24-18-31(19-25-36)42(47)51-30(4)50-34-20-14-32(15-21-34)43(48)54-37-26-28-38(29-27-37)55-44(49)33-16-22-35(23-17-33)52-39(45)6-2/h6-7,14-30,41H,2-3,5,8-13H2,1,4H3. The van der Waals surface area contributed by atoms with Crippen molar-refractivity contribution < 1.29 is 57.1 Å². The van der Waals surface area contributed by atoms with Gasteiger partial charge in [0.2, 0.25) is 12.6 Å². The van der Waals surface area contributed by atoms with Crippen LogP contribution in [0.2, 0.25) is 0 Å². The van der Waals surface area contributed by atoms with Crippen LogP contribution in [0.15, 0.2) is 122 Å². The number of hydrogen-bond donors (Lipinski definition) is 0. The van der Waals surface area contributed by atoms with Crippen LogP contribution in [-0.2, 0) is 19.1 Å². The Hall–Kier alpha value is -6.69. The van der Waals surface area contributed by atoms with Crippen molar-refractivity contribution in [1.82, 2.24) is 0 Å². The highest BCUT2D eigenvalue weighted by Gasteiger charge is 2.18. The predicted octanol–water partition coefficient (Wildman–Crippen LogP) is 8.98. The van der Waals surface area contributed by atoms with E-state index in [4.69, 9.17) is 33.2 Å². The van der Waals surface area contributed by atoms with Gasteiger partial charge < -0.3 is 33.2 Å². The lowest BCUT2D eigenvalue weighted by molar-refractivity contribution is -0.158. The molecule has 0 saturated carbocycles. The van der Waals surface area contributed by atoms with Gasteiger partial charge in [0.1, 0.15) is 28.7 Å². The van der Waals surface area contributed by atoms with Crippen molar-refractivity contribution in [2.24, 2.45) is 0 Å². The molecule has 2 atom stereocenters. The molecule has 0 aliphatic rings. The summed E-state index contributed by atoms with van der Waals surface area (Å²) >= 11 is 0. The maximum absolute atomic E-state index is 12.8. The first-order valence-corrected chi connectivity index (χ1v) is 18.1. The van der Waals surface area contributed by atoms with E-state index in [1.807, 2.05) is 0 Å². The van der Waals surface area contributed by atoms with Crippen molar-refractivity contribution in [2.45, 2.75) is 71.4 Å². The number of carbonyl (C=O) groups excluding carboxylic acids is 5.